The van der Waals surface area contributed by atoms with Crippen molar-refractivity contribution in [3.8, 4) is 11.9 Å². The van der Waals surface area contributed by atoms with E-state index in [1.165, 1.54) is 29.6 Å². The number of hydrogen-bond donors (Lipinski definition) is 2. The lowest BCUT2D eigenvalue weighted by atomic mass is 9.93. The van der Waals surface area contributed by atoms with Crippen LogP contribution in [0.5, 0.6) is 5.88 Å². The Labute approximate surface area is 318 Å². The van der Waals surface area contributed by atoms with E-state index in [4.69, 9.17) is 24.7 Å². The molecule has 2 aliphatic heterocycles. The second kappa shape index (κ2) is 17.4. The van der Waals surface area contributed by atoms with Crippen molar-refractivity contribution >= 4 is 45.4 Å². The number of nitriles is 1. The van der Waals surface area contributed by atoms with E-state index in [9.17, 15) is 22.4 Å². The molecule has 2 aliphatic rings. The molecular weight excluding hydrogens is 737 g/mol. The number of aryl methyl sites for hydroxylation is 3. The zero-order chi connectivity index (χ0) is 39.1. The predicted octanol–water partition coefficient (Wildman–Crippen LogP) is 8.17. The molecule has 0 spiro atoms. The van der Waals surface area contributed by atoms with E-state index < -0.39 is 17.7 Å². The van der Waals surface area contributed by atoms with Gasteiger partial charge < -0.3 is 19.4 Å². The summed E-state index contributed by atoms with van der Waals surface area (Å²) in [5.74, 6) is 1.51. The number of fused-ring (bicyclic) bond motifs is 2. The third-order valence-electron chi connectivity index (χ3n) is 9.38. The molecule has 2 aromatic carbocycles. The van der Waals surface area contributed by atoms with Crippen molar-refractivity contribution in [1.82, 2.24) is 29.6 Å². The maximum Gasteiger partial charge on any atom is 0.433 e. The van der Waals surface area contributed by atoms with Crippen LogP contribution in [0.3, 0.4) is 0 Å². The first kappa shape index (κ1) is 39.3. The van der Waals surface area contributed by atoms with Crippen LogP contribution in [0.2, 0.25) is 0 Å². The van der Waals surface area contributed by atoms with E-state index in [1.807, 2.05) is 23.3 Å². The van der Waals surface area contributed by atoms with Gasteiger partial charge in [0.1, 0.15) is 29.1 Å². The molecule has 8 rings (SSSR count). The average Bonchev–Trinajstić information content (AvgIpc) is 3.82. The molecule has 1 amide bonds. The van der Waals surface area contributed by atoms with Crippen molar-refractivity contribution in [2.75, 3.05) is 31.6 Å². The number of hydrogen-bond acceptors (Lipinski definition) is 9. The summed E-state index contributed by atoms with van der Waals surface area (Å²) in [6, 6.07) is 18.3. The molecule has 6 aromatic rings. The molecule has 11 nitrogen and oxygen atoms in total. The number of likely N-dealkylation sites (tertiary alicyclic amines) is 1. The van der Waals surface area contributed by atoms with Crippen LogP contribution in [-0.4, -0.2) is 62.3 Å². The van der Waals surface area contributed by atoms with Crippen LogP contribution >= 0.6 is 11.3 Å². The molecule has 2 saturated heterocycles. The van der Waals surface area contributed by atoms with Crippen molar-refractivity contribution in [2.45, 2.75) is 58.4 Å². The lowest BCUT2D eigenvalue weighted by Gasteiger charge is -2.31. The fourth-order valence-corrected chi connectivity index (χ4v) is 7.08. The van der Waals surface area contributed by atoms with Gasteiger partial charge in [0.25, 0.3) is 0 Å². The van der Waals surface area contributed by atoms with Crippen molar-refractivity contribution in [3.63, 3.8) is 0 Å². The molecule has 2 fully saturated rings. The fourth-order valence-electron chi connectivity index (χ4n) is 6.34. The Hall–Kier alpha value is -5.37. The number of nitrogens with one attached hydrogen (secondary N) is 2. The number of pyridine rings is 1. The summed E-state index contributed by atoms with van der Waals surface area (Å²) in [5.41, 5.74) is 4.68. The van der Waals surface area contributed by atoms with Gasteiger partial charge in [-0.15, -0.1) is 11.3 Å². The lowest BCUT2D eigenvalue weighted by Crippen LogP contribution is -2.33. The molecule has 0 radical (unpaired) electrons. The summed E-state index contributed by atoms with van der Waals surface area (Å²) >= 11 is 1.11. The monoisotopic (exact) mass is 776 g/mol. The molecule has 16 heteroatoms. The molecule has 6 heterocycles. The van der Waals surface area contributed by atoms with Gasteiger partial charge >= 0.3 is 6.18 Å². The van der Waals surface area contributed by atoms with Gasteiger partial charge in [0, 0.05) is 53.9 Å². The summed E-state index contributed by atoms with van der Waals surface area (Å²) < 4.78 is 64.2. The first-order valence-corrected chi connectivity index (χ1v) is 18.5. The number of imidazole rings is 1. The number of nitrogens with zero attached hydrogens (tertiary/aromatic N) is 6. The second-order valence-electron chi connectivity index (χ2n) is 13.3. The Kier molecular flexibility index (Phi) is 12.4. The van der Waals surface area contributed by atoms with Crippen LogP contribution in [0.4, 0.5) is 23.2 Å². The average molecular weight is 777 g/mol. The van der Waals surface area contributed by atoms with Crippen molar-refractivity contribution in [3.05, 3.63) is 98.5 Å². The number of H-pyrrole nitrogens is 1. The number of benzene rings is 2. The van der Waals surface area contributed by atoms with Crippen LogP contribution in [0.15, 0.2) is 54.6 Å². The Balaban J connectivity index is 0.000000202. The van der Waals surface area contributed by atoms with Gasteiger partial charge in [-0.05, 0) is 93.7 Å². The van der Waals surface area contributed by atoms with Gasteiger partial charge in [-0.2, -0.15) is 23.5 Å². The molecule has 0 unspecified atom stereocenters. The lowest BCUT2D eigenvalue weighted by molar-refractivity contribution is -0.139. The largest absolute Gasteiger partial charge is 0.472 e. The minimum Gasteiger partial charge on any atom is -0.472 e. The van der Waals surface area contributed by atoms with Crippen LogP contribution in [0.25, 0.3) is 21.9 Å². The summed E-state index contributed by atoms with van der Waals surface area (Å²) in [4.78, 5) is 23.1. The number of piperidine rings is 1. The Morgan fingerprint density at radius 3 is 2.51 bits per heavy atom. The fraction of sp³-hybridized carbons (Fsp3) is 0.359. The Morgan fingerprint density at radius 2 is 1.85 bits per heavy atom. The highest BCUT2D eigenvalue weighted by atomic mass is 32.1. The van der Waals surface area contributed by atoms with E-state index in [0.29, 0.717) is 34.3 Å². The number of aromatic amines is 1. The van der Waals surface area contributed by atoms with Crippen molar-refractivity contribution in [2.24, 2.45) is 7.05 Å². The van der Waals surface area contributed by atoms with Crippen LogP contribution in [-0.2, 0) is 35.9 Å². The highest BCUT2D eigenvalue weighted by Gasteiger charge is 2.35. The molecule has 288 valence electrons. The number of thiophene rings is 1. The van der Waals surface area contributed by atoms with Gasteiger partial charge in [0.15, 0.2) is 5.82 Å². The highest BCUT2D eigenvalue weighted by molar-refractivity contribution is 7.12. The highest BCUT2D eigenvalue weighted by Crippen LogP contribution is 2.35. The number of anilines is 1. The normalized spacial score (nSPS) is 14.7. The summed E-state index contributed by atoms with van der Waals surface area (Å²) in [7, 11) is 2.09. The van der Waals surface area contributed by atoms with E-state index in [0.717, 1.165) is 74.1 Å². The topological polar surface area (TPSA) is 134 Å². The number of aromatic nitrogens is 5. The number of ether oxygens (including phenoxy) is 2. The van der Waals surface area contributed by atoms with Gasteiger partial charge in [0.05, 0.1) is 23.1 Å². The van der Waals surface area contributed by atoms with Gasteiger partial charge in [0.2, 0.25) is 12.3 Å². The van der Waals surface area contributed by atoms with Gasteiger partial charge in [-0.3, -0.25) is 14.8 Å². The Bertz CT molecular complexity index is 2300. The first-order valence-electron chi connectivity index (χ1n) is 17.7. The number of amides is 1. The molecule has 0 aliphatic carbocycles. The Morgan fingerprint density at radius 1 is 1.11 bits per heavy atom. The maximum absolute atomic E-state index is 13.6. The minimum atomic E-state index is -4.50. The number of carbonyl (C=O) groups is 1. The molecule has 0 atom stereocenters. The summed E-state index contributed by atoms with van der Waals surface area (Å²) in [5, 5.41) is 16.8. The van der Waals surface area contributed by atoms with E-state index in [-0.39, 0.29) is 22.4 Å². The zero-order valence-electron chi connectivity index (χ0n) is 30.5. The summed E-state index contributed by atoms with van der Waals surface area (Å²) in [6.45, 7) is 8.75. The van der Waals surface area contributed by atoms with Gasteiger partial charge in [-0.25, -0.2) is 14.4 Å². The number of halogens is 4. The van der Waals surface area contributed by atoms with Crippen LogP contribution in [0, 0.1) is 31.0 Å². The molecule has 0 saturated carbocycles. The zero-order valence-corrected chi connectivity index (χ0v) is 31.4. The van der Waals surface area contributed by atoms with Gasteiger partial charge in [-0.1, -0.05) is 12.1 Å². The molecular formula is C39H40F4N8O3S. The number of carbonyl (C=O) groups excluding carboxylic acids is 1. The molecule has 55 heavy (non-hydrogen) atoms. The van der Waals surface area contributed by atoms with Crippen LogP contribution in [0.1, 0.15) is 63.3 Å². The number of alkyl halides is 3. The van der Waals surface area contributed by atoms with Crippen molar-refractivity contribution < 1.29 is 31.8 Å². The molecule has 4 aromatic heterocycles. The summed E-state index contributed by atoms with van der Waals surface area (Å²) in [6.07, 6.45) is -0.753. The smallest absolute Gasteiger partial charge is 0.433 e. The second-order valence-corrected chi connectivity index (χ2v) is 14.5. The quantitative estimate of drug-likeness (QED) is 0.117. The first-order chi connectivity index (χ1) is 26.4. The molecule has 0 bridgehead atoms. The van der Waals surface area contributed by atoms with Crippen LogP contribution < -0.4 is 10.1 Å². The van der Waals surface area contributed by atoms with E-state index >= 15 is 0 Å². The van der Waals surface area contributed by atoms with Crippen molar-refractivity contribution in [1.29, 1.82) is 5.26 Å². The number of rotatable bonds is 8. The van der Waals surface area contributed by atoms with E-state index in [1.54, 1.807) is 13.0 Å². The standard InChI is InChI=1S/C26H26FN5OS.C10H8F3N3O.C3H6O/c1-17-6-7-23-22(12-17)29-25(31(23)2)15-32-10-8-18(9-11-32)21-4-3-5-26(30-21)33-16-19-13-20(27)24(14-28)34-19;1-5-2-6(14-4-17)3-7-8(5)15-16-9(7)10(11,12)13;1-2-4-3-1/h3-7,12-13,18H,8-11,15-16H2,1-2H3;2-4H,1H3,(H,14,17)(H,15,16);1-3H2. The minimum absolute atomic E-state index is 0.0538. The maximum atomic E-state index is 13.6. The third-order valence-corrected chi connectivity index (χ3v) is 10.4. The van der Waals surface area contributed by atoms with E-state index in [2.05, 4.69) is 58.1 Å². The SMILES string of the molecule is C1COC1.Cc1cc(NC=O)cc2c(C(F)(F)F)[nH]nc12.Cc1ccc2c(c1)nc(CN1CCC(c3cccc(OCc4cc(F)c(C#N)s4)n3)CC1)n2C. The molecule has 2 N–H and O–H groups in total. The predicted molar refractivity (Wildman–Crippen MR) is 201 cm³/mol. The third kappa shape index (κ3) is 9.66.